The number of amides is 1. The highest BCUT2D eigenvalue weighted by atomic mass is 19.1. The molecule has 1 saturated heterocycles. The smallest absolute Gasteiger partial charge is 0.242 e. The number of piperidine rings is 1. The summed E-state index contributed by atoms with van der Waals surface area (Å²) in [4.78, 5) is 16.0. The molecule has 0 N–H and O–H groups in total. The van der Waals surface area contributed by atoms with E-state index in [9.17, 15) is 9.18 Å². The van der Waals surface area contributed by atoms with E-state index in [0.717, 1.165) is 19.5 Å². The number of benzene rings is 1. The lowest BCUT2D eigenvalue weighted by molar-refractivity contribution is -0.129. The van der Waals surface area contributed by atoms with Crippen LogP contribution in [0.15, 0.2) is 24.3 Å². The first-order valence-corrected chi connectivity index (χ1v) is 9.01. The first kappa shape index (κ1) is 18.4. The van der Waals surface area contributed by atoms with Crippen LogP contribution in [0.5, 0.6) is 0 Å². The van der Waals surface area contributed by atoms with Gasteiger partial charge in [0.25, 0.3) is 0 Å². The molecule has 3 rings (SSSR count). The van der Waals surface area contributed by atoms with E-state index in [1.165, 1.54) is 11.0 Å². The van der Waals surface area contributed by atoms with Gasteiger partial charge >= 0.3 is 0 Å². The maximum Gasteiger partial charge on any atom is 0.242 e. The van der Waals surface area contributed by atoms with Gasteiger partial charge in [0.2, 0.25) is 11.9 Å². The lowest BCUT2D eigenvalue weighted by atomic mass is 9.89. The second kappa shape index (κ2) is 7.43. The average Bonchev–Trinajstić information content (AvgIpc) is 3.01. The molecule has 1 aliphatic heterocycles. The molecule has 0 saturated carbocycles. The van der Waals surface area contributed by atoms with Crippen molar-refractivity contribution >= 4 is 11.9 Å². The van der Waals surface area contributed by atoms with Gasteiger partial charge in [-0.3, -0.25) is 9.36 Å². The Balaban J connectivity index is 2.02. The summed E-state index contributed by atoms with van der Waals surface area (Å²) < 4.78 is 16.1. The number of carbonyl (C=O) groups is 1. The van der Waals surface area contributed by atoms with Crippen LogP contribution in [0.25, 0.3) is 11.4 Å². The van der Waals surface area contributed by atoms with Crippen molar-refractivity contribution in [2.24, 2.45) is 11.8 Å². The standard InChI is InChI=1S/C19H26FN5O/c1-13-9-10-24(11-14(13)2)19-22-21-18(15-7-5-6-8-16(15)20)25(19)12-17(26)23(3)4/h5-8,13-14H,9-12H2,1-4H3. The Morgan fingerprint density at radius 2 is 1.96 bits per heavy atom. The van der Waals surface area contributed by atoms with Crippen LogP contribution in [0.2, 0.25) is 0 Å². The molecule has 1 fully saturated rings. The van der Waals surface area contributed by atoms with Crippen molar-refractivity contribution in [1.29, 1.82) is 0 Å². The molecule has 1 amide bonds. The van der Waals surface area contributed by atoms with Gasteiger partial charge in [-0.15, -0.1) is 10.2 Å². The zero-order valence-electron chi connectivity index (χ0n) is 15.8. The second-order valence-corrected chi connectivity index (χ2v) is 7.37. The second-order valence-electron chi connectivity index (χ2n) is 7.37. The summed E-state index contributed by atoms with van der Waals surface area (Å²) in [5, 5.41) is 8.57. The Labute approximate surface area is 153 Å². The highest BCUT2D eigenvalue weighted by Crippen LogP contribution is 2.29. The first-order chi connectivity index (χ1) is 12.4. The lowest BCUT2D eigenvalue weighted by Crippen LogP contribution is -2.40. The van der Waals surface area contributed by atoms with E-state index in [-0.39, 0.29) is 18.3 Å². The number of nitrogens with zero attached hydrogens (tertiary/aromatic N) is 5. The van der Waals surface area contributed by atoms with Gasteiger partial charge in [0, 0.05) is 27.2 Å². The van der Waals surface area contributed by atoms with E-state index >= 15 is 0 Å². The van der Waals surface area contributed by atoms with Crippen LogP contribution in [-0.4, -0.2) is 52.8 Å². The number of carbonyl (C=O) groups excluding carboxylic acids is 1. The Morgan fingerprint density at radius 3 is 2.62 bits per heavy atom. The monoisotopic (exact) mass is 359 g/mol. The third-order valence-corrected chi connectivity index (χ3v) is 5.26. The van der Waals surface area contributed by atoms with Gasteiger partial charge in [-0.25, -0.2) is 4.39 Å². The van der Waals surface area contributed by atoms with Gasteiger partial charge in [0.1, 0.15) is 12.4 Å². The van der Waals surface area contributed by atoms with Crippen LogP contribution >= 0.6 is 0 Å². The lowest BCUT2D eigenvalue weighted by Gasteiger charge is -2.35. The van der Waals surface area contributed by atoms with E-state index in [1.54, 1.807) is 36.9 Å². The minimum Gasteiger partial charge on any atom is -0.347 e. The van der Waals surface area contributed by atoms with Crippen molar-refractivity contribution in [2.75, 3.05) is 32.1 Å². The molecule has 1 aromatic carbocycles. The van der Waals surface area contributed by atoms with Crippen LogP contribution in [0.4, 0.5) is 10.3 Å². The maximum absolute atomic E-state index is 14.3. The van der Waals surface area contributed by atoms with E-state index in [2.05, 4.69) is 28.9 Å². The number of aromatic nitrogens is 3. The molecule has 0 spiro atoms. The maximum atomic E-state index is 14.3. The van der Waals surface area contributed by atoms with Crippen LogP contribution in [0, 0.1) is 17.7 Å². The molecule has 6 nitrogen and oxygen atoms in total. The van der Waals surface area contributed by atoms with E-state index in [4.69, 9.17) is 0 Å². The SMILES string of the molecule is CC1CCN(c2nnc(-c3ccccc3F)n2CC(=O)N(C)C)CC1C. The van der Waals surface area contributed by atoms with Crippen molar-refractivity contribution in [3.63, 3.8) is 0 Å². The predicted octanol–water partition coefficient (Wildman–Crippen LogP) is 2.65. The van der Waals surface area contributed by atoms with E-state index in [1.807, 2.05) is 0 Å². The molecule has 0 aliphatic carbocycles. The summed E-state index contributed by atoms with van der Waals surface area (Å²) in [6.45, 7) is 6.27. The predicted molar refractivity (Wildman–Crippen MR) is 99.3 cm³/mol. The number of rotatable bonds is 4. The van der Waals surface area contributed by atoms with E-state index < -0.39 is 0 Å². The highest BCUT2D eigenvalue weighted by Gasteiger charge is 2.28. The zero-order valence-corrected chi connectivity index (χ0v) is 15.8. The number of hydrogen-bond donors (Lipinski definition) is 0. The summed E-state index contributed by atoms with van der Waals surface area (Å²) in [6.07, 6.45) is 1.06. The molecular formula is C19H26FN5O. The molecule has 1 aliphatic rings. The van der Waals surface area contributed by atoms with Crippen molar-refractivity contribution in [3.05, 3.63) is 30.1 Å². The molecule has 0 bridgehead atoms. The molecule has 2 aromatic rings. The van der Waals surface area contributed by atoms with Gasteiger partial charge in [-0.2, -0.15) is 0 Å². The van der Waals surface area contributed by atoms with Crippen LogP contribution < -0.4 is 4.90 Å². The third kappa shape index (κ3) is 3.57. The van der Waals surface area contributed by atoms with Gasteiger partial charge in [0.15, 0.2) is 5.82 Å². The fraction of sp³-hybridized carbons (Fsp3) is 0.526. The van der Waals surface area contributed by atoms with Crippen molar-refractivity contribution < 1.29 is 9.18 Å². The first-order valence-electron chi connectivity index (χ1n) is 9.01. The van der Waals surface area contributed by atoms with Crippen molar-refractivity contribution in [1.82, 2.24) is 19.7 Å². The Kier molecular flexibility index (Phi) is 5.25. The molecule has 1 aromatic heterocycles. The van der Waals surface area contributed by atoms with Crippen LogP contribution in [0.3, 0.4) is 0 Å². The number of halogens is 1. The minimum atomic E-state index is -0.370. The molecule has 7 heteroatoms. The topological polar surface area (TPSA) is 54.3 Å². The fourth-order valence-electron chi connectivity index (χ4n) is 3.24. The van der Waals surface area contributed by atoms with Crippen molar-refractivity contribution in [2.45, 2.75) is 26.8 Å². The molecule has 0 radical (unpaired) electrons. The fourth-order valence-corrected chi connectivity index (χ4v) is 3.24. The molecule has 140 valence electrons. The van der Waals surface area contributed by atoms with Crippen LogP contribution in [-0.2, 0) is 11.3 Å². The normalized spacial score (nSPS) is 20.3. The van der Waals surface area contributed by atoms with E-state index in [0.29, 0.717) is 29.2 Å². The summed E-state index contributed by atoms with van der Waals surface area (Å²) in [5.74, 6) is 1.75. The molecule has 2 atom stereocenters. The van der Waals surface area contributed by atoms with Gasteiger partial charge in [-0.1, -0.05) is 26.0 Å². The van der Waals surface area contributed by atoms with Crippen molar-refractivity contribution in [3.8, 4) is 11.4 Å². The largest absolute Gasteiger partial charge is 0.347 e. The Hall–Kier alpha value is -2.44. The van der Waals surface area contributed by atoms with Gasteiger partial charge < -0.3 is 9.80 Å². The third-order valence-electron chi connectivity index (χ3n) is 5.26. The molecule has 26 heavy (non-hydrogen) atoms. The highest BCUT2D eigenvalue weighted by molar-refractivity contribution is 5.77. The number of hydrogen-bond acceptors (Lipinski definition) is 4. The quantitative estimate of drug-likeness (QED) is 0.842. The number of anilines is 1. The summed E-state index contributed by atoms with van der Waals surface area (Å²) in [6, 6.07) is 6.46. The molecule has 2 unspecified atom stereocenters. The Morgan fingerprint density at radius 1 is 1.23 bits per heavy atom. The van der Waals surface area contributed by atoms with Crippen LogP contribution in [0.1, 0.15) is 20.3 Å². The Bertz CT molecular complexity index is 788. The summed E-state index contributed by atoms with van der Waals surface area (Å²) in [5.41, 5.74) is 0.358. The summed E-state index contributed by atoms with van der Waals surface area (Å²) >= 11 is 0. The van der Waals surface area contributed by atoms with Gasteiger partial charge in [-0.05, 0) is 30.4 Å². The zero-order chi connectivity index (χ0) is 18.8. The summed E-state index contributed by atoms with van der Waals surface area (Å²) in [7, 11) is 3.42. The van der Waals surface area contributed by atoms with Gasteiger partial charge in [0.05, 0.1) is 5.56 Å². The average molecular weight is 359 g/mol. The number of likely N-dealkylation sites (N-methyl/N-ethyl adjacent to an activating group) is 1. The molecule has 2 heterocycles. The molecular weight excluding hydrogens is 333 g/mol. The minimum absolute atomic E-state index is 0.0814.